The van der Waals surface area contributed by atoms with Gasteiger partial charge in [0.05, 0.1) is 5.69 Å². The average molecular weight is 352 g/mol. The van der Waals surface area contributed by atoms with Crippen LogP contribution in [0.15, 0.2) is 35.1 Å². The predicted octanol–water partition coefficient (Wildman–Crippen LogP) is 2.83. The molecule has 0 unspecified atom stereocenters. The smallest absolute Gasteiger partial charge is 0.308 e. The number of amides is 2. The van der Waals surface area contributed by atoms with Crippen molar-refractivity contribution in [2.75, 3.05) is 10.6 Å². The van der Waals surface area contributed by atoms with E-state index in [1.165, 1.54) is 4.68 Å². The van der Waals surface area contributed by atoms with Gasteiger partial charge in [-0.15, -0.1) is 0 Å². The first-order valence-electron chi connectivity index (χ1n) is 8.12. The van der Waals surface area contributed by atoms with E-state index in [0.29, 0.717) is 28.5 Å². The first-order chi connectivity index (χ1) is 12.3. The summed E-state index contributed by atoms with van der Waals surface area (Å²) in [5.41, 5.74) is 3.31. The summed E-state index contributed by atoms with van der Waals surface area (Å²) in [5, 5.41) is 9.82. The summed E-state index contributed by atoms with van der Waals surface area (Å²) >= 11 is 0. The second-order valence-corrected chi connectivity index (χ2v) is 6.13. The maximum absolute atomic E-state index is 12.3. The molecule has 3 rings (SSSR count). The van der Waals surface area contributed by atoms with E-state index in [9.17, 15) is 9.59 Å². The number of rotatable bonds is 3. The molecule has 1 aromatic carbocycles. The number of H-pyrrole nitrogens is 1. The fourth-order valence-electron chi connectivity index (χ4n) is 2.48. The molecule has 0 bridgehead atoms. The van der Waals surface area contributed by atoms with Crippen molar-refractivity contribution in [3.8, 4) is 5.95 Å². The van der Waals surface area contributed by atoms with Crippen LogP contribution in [0.4, 0.5) is 16.3 Å². The van der Waals surface area contributed by atoms with Gasteiger partial charge in [0.15, 0.2) is 0 Å². The molecule has 0 atom stereocenters. The van der Waals surface area contributed by atoms with Gasteiger partial charge in [-0.3, -0.25) is 15.1 Å². The van der Waals surface area contributed by atoms with Crippen molar-refractivity contribution in [2.45, 2.75) is 27.7 Å². The summed E-state index contributed by atoms with van der Waals surface area (Å²) < 4.78 is 1.40. The van der Waals surface area contributed by atoms with E-state index < -0.39 is 6.03 Å². The van der Waals surface area contributed by atoms with Crippen LogP contribution in [0.2, 0.25) is 0 Å². The van der Waals surface area contributed by atoms with Crippen molar-refractivity contribution < 1.29 is 4.79 Å². The lowest BCUT2D eigenvalue weighted by molar-refractivity contribution is 0.262. The van der Waals surface area contributed by atoms with Crippen LogP contribution in [0, 0.1) is 27.7 Å². The maximum atomic E-state index is 12.3. The van der Waals surface area contributed by atoms with Gasteiger partial charge in [-0.05, 0) is 45.4 Å². The Morgan fingerprint density at radius 1 is 1.12 bits per heavy atom. The molecule has 134 valence electrons. The fraction of sp³-hybridized carbons (Fsp3) is 0.222. The Bertz CT molecular complexity index is 1030. The molecule has 8 heteroatoms. The molecule has 2 heterocycles. The van der Waals surface area contributed by atoms with Gasteiger partial charge in [0.25, 0.3) is 5.56 Å². The highest BCUT2D eigenvalue weighted by Crippen LogP contribution is 2.16. The highest BCUT2D eigenvalue weighted by Gasteiger charge is 2.14. The quantitative estimate of drug-likeness (QED) is 0.674. The summed E-state index contributed by atoms with van der Waals surface area (Å²) in [6, 6.07) is 8.77. The van der Waals surface area contributed by atoms with Crippen LogP contribution in [0.25, 0.3) is 5.95 Å². The third-order valence-electron chi connectivity index (χ3n) is 3.93. The maximum Gasteiger partial charge on any atom is 0.324 e. The minimum atomic E-state index is -0.414. The first kappa shape index (κ1) is 17.4. The van der Waals surface area contributed by atoms with Gasteiger partial charge in [-0.1, -0.05) is 12.1 Å². The Kier molecular flexibility index (Phi) is 4.57. The van der Waals surface area contributed by atoms with Crippen LogP contribution in [-0.4, -0.2) is 25.8 Å². The van der Waals surface area contributed by atoms with Crippen molar-refractivity contribution >= 4 is 17.5 Å². The molecule has 0 saturated heterocycles. The normalized spacial score (nSPS) is 10.6. The average Bonchev–Trinajstić information content (AvgIpc) is 2.92. The number of carbonyl (C=O) groups excluding carboxylic acids is 1. The van der Waals surface area contributed by atoms with Gasteiger partial charge in [0.2, 0.25) is 5.95 Å². The lowest BCUT2D eigenvalue weighted by atomic mass is 10.2. The van der Waals surface area contributed by atoms with Crippen LogP contribution in [0.1, 0.15) is 22.5 Å². The van der Waals surface area contributed by atoms with Gasteiger partial charge >= 0.3 is 6.03 Å². The fourth-order valence-corrected chi connectivity index (χ4v) is 2.48. The molecule has 26 heavy (non-hydrogen) atoms. The predicted molar refractivity (Wildman–Crippen MR) is 100 cm³/mol. The van der Waals surface area contributed by atoms with Gasteiger partial charge in [0, 0.05) is 23.0 Å². The number of hydrogen-bond acceptors (Lipinski definition) is 4. The van der Waals surface area contributed by atoms with Crippen LogP contribution >= 0.6 is 0 Å². The number of anilines is 2. The summed E-state index contributed by atoms with van der Waals surface area (Å²) in [6.45, 7) is 7.19. The number of hydrogen-bond donors (Lipinski definition) is 3. The van der Waals surface area contributed by atoms with E-state index in [1.807, 2.05) is 25.1 Å². The largest absolute Gasteiger partial charge is 0.324 e. The third-order valence-corrected chi connectivity index (χ3v) is 3.93. The number of carbonyl (C=O) groups is 1. The third kappa shape index (κ3) is 3.64. The van der Waals surface area contributed by atoms with Crippen molar-refractivity contribution in [1.29, 1.82) is 0 Å². The van der Waals surface area contributed by atoms with E-state index in [1.54, 1.807) is 32.9 Å². The second kappa shape index (κ2) is 6.83. The highest BCUT2D eigenvalue weighted by atomic mass is 16.2. The monoisotopic (exact) mass is 352 g/mol. The molecule has 0 saturated carbocycles. The van der Waals surface area contributed by atoms with E-state index in [2.05, 4.69) is 25.7 Å². The highest BCUT2D eigenvalue weighted by molar-refractivity contribution is 5.99. The number of nitrogens with zero attached hydrogens (tertiary/aromatic N) is 3. The van der Waals surface area contributed by atoms with Gasteiger partial charge in [-0.25, -0.2) is 9.78 Å². The molecule has 0 radical (unpaired) electrons. The topological polar surface area (TPSA) is 105 Å². The molecule has 0 aliphatic carbocycles. The van der Waals surface area contributed by atoms with Crippen molar-refractivity contribution in [2.24, 2.45) is 0 Å². The standard InChI is InChI=1S/C18H20N6O2/c1-10-6-5-7-14(8-10)20-18(26)21-15-9-11(2)23-24(15)17-19-13(4)12(3)16(25)22-17/h5-9H,1-4H3,(H,19,22,25)(H2,20,21,26). The molecule has 8 nitrogen and oxygen atoms in total. The first-order valence-corrected chi connectivity index (χ1v) is 8.12. The Labute approximate surface area is 150 Å². The van der Waals surface area contributed by atoms with Crippen molar-refractivity contribution in [1.82, 2.24) is 19.7 Å². The van der Waals surface area contributed by atoms with E-state index in [-0.39, 0.29) is 11.5 Å². The van der Waals surface area contributed by atoms with E-state index in [4.69, 9.17) is 0 Å². The minimum Gasteiger partial charge on any atom is -0.308 e. The number of nitrogens with one attached hydrogen (secondary N) is 3. The molecule has 0 fully saturated rings. The molecular weight excluding hydrogens is 332 g/mol. The Morgan fingerprint density at radius 2 is 1.88 bits per heavy atom. The number of aryl methyl sites for hydroxylation is 3. The molecule has 0 aliphatic heterocycles. The molecule has 3 N–H and O–H groups in total. The zero-order valence-electron chi connectivity index (χ0n) is 15.0. The van der Waals surface area contributed by atoms with Crippen LogP contribution < -0.4 is 16.2 Å². The Balaban J connectivity index is 1.88. The number of urea groups is 1. The van der Waals surface area contributed by atoms with Crippen molar-refractivity contribution in [3.05, 3.63) is 63.2 Å². The number of aromatic nitrogens is 4. The molecule has 2 amide bonds. The van der Waals surface area contributed by atoms with Gasteiger partial charge < -0.3 is 5.32 Å². The molecule has 3 aromatic rings. The number of benzene rings is 1. The summed E-state index contributed by atoms with van der Waals surface area (Å²) in [7, 11) is 0. The summed E-state index contributed by atoms with van der Waals surface area (Å²) in [6.07, 6.45) is 0. The molecule has 0 aliphatic rings. The zero-order valence-corrected chi connectivity index (χ0v) is 15.0. The molecule has 0 spiro atoms. The molecule has 2 aromatic heterocycles. The van der Waals surface area contributed by atoms with E-state index >= 15 is 0 Å². The summed E-state index contributed by atoms with van der Waals surface area (Å²) in [5.74, 6) is 0.649. The SMILES string of the molecule is Cc1cccc(NC(=O)Nc2cc(C)nn2-c2nc(C)c(C)c(=O)[nH]2)c1. The van der Waals surface area contributed by atoms with E-state index in [0.717, 1.165) is 5.56 Å². The second-order valence-electron chi connectivity index (χ2n) is 6.13. The Hall–Kier alpha value is -3.42. The molecular formula is C18H20N6O2. The van der Waals surface area contributed by atoms with Crippen LogP contribution in [0.5, 0.6) is 0 Å². The summed E-state index contributed by atoms with van der Waals surface area (Å²) in [4.78, 5) is 31.4. The zero-order chi connectivity index (χ0) is 18.8. The lowest BCUT2D eigenvalue weighted by Gasteiger charge is -2.10. The van der Waals surface area contributed by atoms with Crippen molar-refractivity contribution in [3.63, 3.8) is 0 Å². The van der Waals surface area contributed by atoms with Gasteiger partial charge in [0.1, 0.15) is 5.82 Å². The lowest BCUT2D eigenvalue weighted by Crippen LogP contribution is -2.23. The van der Waals surface area contributed by atoms with Crippen LogP contribution in [-0.2, 0) is 0 Å². The van der Waals surface area contributed by atoms with Crippen LogP contribution in [0.3, 0.4) is 0 Å². The number of aromatic amines is 1. The minimum absolute atomic E-state index is 0.240. The van der Waals surface area contributed by atoms with Gasteiger partial charge in [-0.2, -0.15) is 9.78 Å². The Morgan fingerprint density at radius 3 is 2.58 bits per heavy atom.